The van der Waals surface area contributed by atoms with Gasteiger partial charge in [-0.15, -0.1) is 18.3 Å². The molecule has 20 heavy (non-hydrogen) atoms. The number of allylic oxidation sites excluding steroid dienone is 3. The highest BCUT2D eigenvalue weighted by molar-refractivity contribution is 8.05. The summed E-state index contributed by atoms with van der Waals surface area (Å²) in [7, 11) is 0. The van der Waals surface area contributed by atoms with Gasteiger partial charge in [-0.05, 0) is 48.2 Å². The van der Waals surface area contributed by atoms with Crippen LogP contribution in [0.25, 0.3) is 0 Å². The van der Waals surface area contributed by atoms with Crippen molar-refractivity contribution in [3.63, 3.8) is 0 Å². The van der Waals surface area contributed by atoms with Gasteiger partial charge in [0.2, 0.25) is 0 Å². The summed E-state index contributed by atoms with van der Waals surface area (Å²) in [5.74, 6) is 0.680. The van der Waals surface area contributed by atoms with Crippen LogP contribution in [-0.4, -0.2) is 30.6 Å². The molecule has 3 heteroatoms. The zero-order chi connectivity index (χ0) is 13.5. The molecular weight excluding hydrogens is 264 g/mol. The zero-order valence-corrected chi connectivity index (χ0v) is 12.7. The summed E-state index contributed by atoms with van der Waals surface area (Å²) in [6.07, 6.45) is 9.43. The number of nitrogens with one attached hydrogen (secondary N) is 1. The van der Waals surface area contributed by atoms with Crippen LogP contribution in [0.5, 0.6) is 0 Å². The molecule has 0 amide bonds. The lowest BCUT2D eigenvalue weighted by molar-refractivity contribution is 0.225. The third kappa shape index (κ3) is 1.83. The number of piperidine rings is 1. The summed E-state index contributed by atoms with van der Waals surface area (Å²) < 4.78 is 0. The molecule has 4 rings (SSSR count). The van der Waals surface area contributed by atoms with Crippen molar-refractivity contribution < 1.29 is 0 Å². The van der Waals surface area contributed by atoms with Crippen molar-refractivity contribution >= 4 is 11.8 Å². The fraction of sp³-hybridized carbons (Fsp3) is 0.529. The van der Waals surface area contributed by atoms with Crippen LogP contribution in [0.1, 0.15) is 25.7 Å². The molecule has 2 nitrogen and oxygen atoms in total. The average molecular weight is 286 g/mol. The first kappa shape index (κ1) is 12.8. The van der Waals surface area contributed by atoms with E-state index < -0.39 is 0 Å². The summed E-state index contributed by atoms with van der Waals surface area (Å²) >= 11 is 1.96. The van der Waals surface area contributed by atoms with Gasteiger partial charge >= 0.3 is 0 Å². The molecule has 1 saturated heterocycles. The molecule has 0 bridgehead atoms. The molecule has 2 atom stereocenters. The smallest absolute Gasteiger partial charge is 0.0568 e. The van der Waals surface area contributed by atoms with Gasteiger partial charge in [0.15, 0.2) is 0 Å². The van der Waals surface area contributed by atoms with Gasteiger partial charge in [0, 0.05) is 24.5 Å². The quantitative estimate of drug-likeness (QED) is 0.783. The fourth-order valence-corrected chi connectivity index (χ4v) is 5.23. The molecule has 0 spiro atoms. The van der Waals surface area contributed by atoms with Crippen molar-refractivity contribution in [3.05, 3.63) is 45.9 Å². The normalized spacial score (nSPS) is 32.1. The Labute approximate surface area is 125 Å². The van der Waals surface area contributed by atoms with Gasteiger partial charge in [-0.3, -0.25) is 0 Å². The maximum absolute atomic E-state index is 3.97. The zero-order valence-electron chi connectivity index (χ0n) is 11.9. The van der Waals surface area contributed by atoms with Crippen LogP contribution in [0, 0.1) is 5.92 Å². The molecule has 3 aliphatic heterocycles. The van der Waals surface area contributed by atoms with E-state index >= 15 is 0 Å². The second kappa shape index (κ2) is 5.12. The van der Waals surface area contributed by atoms with E-state index in [0.29, 0.717) is 12.0 Å². The summed E-state index contributed by atoms with van der Waals surface area (Å²) in [5.41, 5.74) is 4.96. The topological polar surface area (TPSA) is 15.3 Å². The lowest BCUT2D eigenvalue weighted by Crippen LogP contribution is -2.47. The summed E-state index contributed by atoms with van der Waals surface area (Å²) in [5, 5.41) is 5.94. The van der Waals surface area contributed by atoms with Gasteiger partial charge in [-0.25, -0.2) is 0 Å². The van der Waals surface area contributed by atoms with Crippen LogP contribution in [-0.2, 0) is 0 Å². The molecule has 1 N–H and O–H groups in total. The minimum absolute atomic E-state index is 0.621. The van der Waals surface area contributed by atoms with E-state index in [4.69, 9.17) is 0 Å². The highest BCUT2D eigenvalue weighted by Crippen LogP contribution is 2.49. The average Bonchev–Trinajstić information content (AvgIpc) is 2.65. The first-order valence-corrected chi connectivity index (χ1v) is 8.63. The van der Waals surface area contributed by atoms with Crippen molar-refractivity contribution in [2.75, 3.05) is 19.6 Å². The van der Waals surface area contributed by atoms with E-state index in [1.165, 1.54) is 19.3 Å². The fourth-order valence-electron chi connectivity index (χ4n) is 4.27. The standard InChI is InChI=1S/C17H22N2S/c1-2-5-12-10-18-11-14-13-6-3-7-15-17(13)19(16(12)14)8-4-9-20-15/h2,4,9,12,16,18H,1,3,5-8,10-11H2. The number of hydrogen-bond donors (Lipinski definition) is 1. The SMILES string of the molecule is C=CCC1CNCC2=C3CCCC4=C3N(CC=CS4)C21. The minimum atomic E-state index is 0.621. The second-order valence-electron chi connectivity index (χ2n) is 6.13. The maximum Gasteiger partial charge on any atom is 0.0568 e. The molecule has 4 aliphatic rings. The van der Waals surface area contributed by atoms with Crippen molar-refractivity contribution in [2.45, 2.75) is 31.7 Å². The molecule has 0 aromatic carbocycles. The maximum atomic E-state index is 3.97. The first-order valence-electron chi connectivity index (χ1n) is 7.75. The van der Waals surface area contributed by atoms with Crippen molar-refractivity contribution in [3.8, 4) is 0 Å². The van der Waals surface area contributed by atoms with Gasteiger partial charge in [0.25, 0.3) is 0 Å². The monoisotopic (exact) mass is 286 g/mol. The number of thioether (sulfide) groups is 1. The van der Waals surface area contributed by atoms with Crippen LogP contribution in [0.4, 0.5) is 0 Å². The van der Waals surface area contributed by atoms with Gasteiger partial charge in [-0.1, -0.05) is 12.2 Å². The molecule has 106 valence electrons. The van der Waals surface area contributed by atoms with Gasteiger partial charge in [-0.2, -0.15) is 0 Å². The Hall–Kier alpha value is -0.930. The lowest BCUT2D eigenvalue weighted by atomic mass is 9.85. The van der Waals surface area contributed by atoms with Crippen molar-refractivity contribution in [1.82, 2.24) is 10.2 Å². The highest BCUT2D eigenvalue weighted by Gasteiger charge is 2.43. The molecule has 1 fully saturated rings. The Morgan fingerprint density at radius 2 is 2.40 bits per heavy atom. The van der Waals surface area contributed by atoms with Crippen LogP contribution in [0.15, 0.2) is 45.9 Å². The third-order valence-corrected chi connectivity index (χ3v) is 6.01. The van der Waals surface area contributed by atoms with E-state index in [9.17, 15) is 0 Å². The number of fused-ring (bicyclic) bond motifs is 2. The van der Waals surface area contributed by atoms with Gasteiger partial charge < -0.3 is 10.2 Å². The number of hydrogen-bond acceptors (Lipinski definition) is 3. The molecule has 0 radical (unpaired) electrons. The van der Waals surface area contributed by atoms with E-state index in [1.807, 2.05) is 11.8 Å². The molecule has 0 saturated carbocycles. The lowest BCUT2D eigenvalue weighted by Gasteiger charge is -2.38. The molecule has 1 aliphatic carbocycles. The summed E-state index contributed by atoms with van der Waals surface area (Å²) in [4.78, 5) is 4.31. The first-order chi connectivity index (χ1) is 9.90. The molecule has 3 heterocycles. The molecular formula is C17H22N2S. The van der Waals surface area contributed by atoms with Gasteiger partial charge in [0.1, 0.15) is 0 Å². The molecule has 2 unspecified atom stereocenters. The van der Waals surface area contributed by atoms with Crippen LogP contribution in [0.3, 0.4) is 0 Å². The van der Waals surface area contributed by atoms with E-state index in [2.05, 4.69) is 34.4 Å². The Bertz CT molecular complexity index is 529. The molecule has 0 aromatic heterocycles. The van der Waals surface area contributed by atoms with Crippen molar-refractivity contribution in [1.29, 1.82) is 0 Å². The van der Waals surface area contributed by atoms with Gasteiger partial charge in [0.05, 0.1) is 11.7 Å². The Balaban J connectivity index is 1.81. The van der Waals surface area contributed by atoms with E-state index in [1.54, 1.807) is 21.7 Å². The third-order valence-electron chi connectivity index (χ3n) is 4.99. The van der Waals surface area contributed by atoms with Crippen LogP contribution < -0.4 is 5.32 Å². The second-order valence-corrected chi connectivity index (χ2v) is 7.13. The largest absolute Gasteiger partial charge is 0.360 e. The number of rotatable bonds is 2. The predicted octanol–water partition coefficient (Wildman–Crippen LogP) is 3.42. The summed E-state index contributed by atoms with van der Waals surface area (Å²) in [6.45, 7) is 7.27. The Morgan fingerprint density at radius 3 is 3.30 bits per heavy atom. The molecule has 0 aromatic rings. The van der Waals surface area contributed by atoms with Crippen LogP contribution in [0.2, 0.25) is 0 Å². The van der Waals surface area contributed by atoms with E-state index in [-0.39, 0.29) is 0 Å². The summed E-state index contributed by atoms with van der Waals surface area (Å²) in [6, 6.07) is 0.621. The van der Waals surface area contributed by atoms with Crippen molar-refractivity contribution in [2.24, 2.45) is 5.92 Å². The minimum Gasteiger partial charge on any atom is -0.360 e. The predicted molar refractivity (Wildman–Crippen MR) is 86.3 cm³/mol. The Kier molecular flexibility index (Phi) is 3.27. The number of nitrogens with zero attached hydrogens (tertiary/aromatic N) is 1. The van der Waals surface area contributed by atoms with E-state index in [0.717, 1.165) is 26.1 Å². The Morgan fingerprint density at radius 1 is 1.45 bits per heavy atom. The van der Waals surface area contributed by atoms with Crippen LogP contribution >= 0.6 is 11.8 Å². The highest BCUT2D eigenvalue weighted by atomic mass is 32.2.